The van der Waals surface area contributed by atoms with E-state index in [1.165, 1.54) is 0 Å². The Morgan fingerprint density at radius 3 is 2.83 bits per heavy atom. The maximum absolute atomic E-state index is 11.9. The molecule has 1 unspecified atom stereocenters. The summed E-state index contributed by atoms with van der Waals surface area (Å²) in [6.45, 7) is 5.83. The summed E-state index contributed by atoms with van der Waals surface area (Å²) >= 11 is 0. The molecule has 1 aromatic heterocycles. The molecular formula is C15H18BN3O5. The SMILES string of the molecule is CC1OB(c2ccc3c(=O)[nH]nc(CNC(=O)O)c3c2)OC1(C)C. The van der Waals surface area contributed by atoms with Gasteiger partial charge in [0.05, 0.1) is 29.3 Å². The number of fused-ring (bicyclic) bond motifs is 1. The van der Waals surface area contributed by atoms with Crippen LogP contribution in [-0.4, -0.2) is 40.2 Å². The lowest BCUT2D eigenvalue weighted by Gasteiger charge is -2.21. The average Bonchev–Trinajstić information content (AvgIpc) is 2.80. The number of hydrogen-bond acceptors (Lipinski definition) is 5. The molecular weight excluding hydrogens is 313 g/mol. The van der Waals surface area contributed by atoms with Gasteiger partial charge in [0, 0.05) is 5.39 Å². The second kappa shape index (κ2) is 5.92. The quantitative estimate of drug-likeness (QED) is 0.710. The molecule has 8 nitrogen and oxygen atoms in total. The maximum atomic E-state index is 11.9. The Morgan fingerprint density at radius 2 is 2.21 bits per heavy atom. The van der Waals surface area contributed by atoms with E-state index >= 15 is 0 Å². The van der Waals surface area contributed by atoms with E-state index < -0.39 is 18.8 Å². The van der Waals surface area contributed by atoms with Crippen LogP contribution in [0.2, 0.25) is 0 Å². The predicted molar refractivity (Wildman–Crippen MR) is 88.3 cm³/mol. The number of carbonyl (C=O) groups is 1. The van der Waals surface area contributed by atoms with Gasteiger partial charge in [-0.3, -0.25) is 4.79 Å². The fraction of sp³-hybridized carbons (Fsp3) is 0.400. The summed E-state index contributed by atoms with van der Waals surface area (Å²) in [7, 11) is -0.543. The van der Waals surface area contributed by atoms with Gasteiger partial charge in [0.15, 0.2) is 0 Å². The van der Waals surface area contributed by atoms with E-state index in [1.54, 1.807) is 18.2 Å². The number of amides is 1. The number of aromatic nitrogens is 2. The molecule has 126 valence electrons. The summed E-state index contributed by atoms with van der Waals surface area (Å²) in [4.78, 5) is 22.6. The van der Waals surface area contributed by atoms with Gasteiger partial charge in [-0.25, -0.2) is 9.89 Å². The van der Waals surface area contributed by atoms with Crippen LogP contribution in [0.15, 0.2) is 23.0 Å². The minimum Gasteiger partial charge on any atom is -0.465 e. The van der Waals surface area contributed by atoms with Crippen molar-refractivity contribution in [3.05, 3.63) is 34.2 Å². The van der Waals surface area contributed by atoms with Crippen molar-refractivity contribution in [1.82, 2.24) is 15.5 Å². The summed E-state index contributed by atoms with van der Waals surface area (Å²) in [5, 5.41) is 18.3. The first-order valence-electron chi connectivity index (χ1n) is 7.59. The van der Waals surface area contributed by atoms with E-state index in [2.05, 4.69) is 15.5 Å². The molecule has 0 bridgehead atoms. The van der Waals surface area contributed by atoms with Crippen LogP contribution in [-0.2, 0) is 15.9 Å². The molecule has 1 atom stereocenters. The molecule has 3 N–H and O–H groups in total. The maximum Gasteiger partial charge on any atom is 0.494 e. The normalized spacial score (nSPS) is 19.6. The lowest BCUT2D eigenvalue weighted by Crippen LogP contribution is -2.35. The zero-order valence-electron chi connectivity index (χ0n) is 13.6. The number of benzene rings is 1. The average molecular weight is 331 g/mol. The number of rotatable bonds is 3. The molecule has 9 heteroatoms. The first-order chi connectivity index (χ1) is 11.3. The number of nitrogens with one attached hydrogen (secondary N) is 2. The van der Waals surface area contributed by atoms with Crippen LogP contribution in [0, 0.1) is 0 Å². The number of H-pyrrole nitrogens is 1. The third-order valence-corrected chi connectivity index (χ3v) is 4.29. The molecule has 3 rings (SSSR count). The molecule has 1 fully saturated rings. The Bertz CT molecular complexity index is 851. The molecule has 0 spiro atoms. The van der Waals surface area contributed by atoms with Crippen LogP contribution in [0.3, 0.4) is 0 Å². The Balaban J connectivity index is 2.01. The zero-order valence-corrected chi connectivity index (χ0v) is 13.6. The first kappa shape index (κ1) is 16.5. The molecule has 1 saturated heterocycles. The monoisotopic (exact) mass is 331 g/mol. The minimum atomic E-state index is -1.16. The van der Waals surface area contributed by atoms with E-state index in [0.717, 1.165) is 5.46 Å². The molecule has 2 aromatic rings. The highest BCUT2D eigenvalue weighted by molar-refractivity contribution is 6.62. The second-order valence-corrected chi connectivity index (χ2v) is 6.29. The molecule has 1 aromatic carbocycles. The van der Waals surface area contributed by atoms with E-state index in [0.29, 0.717) is 16.5 Å². The second-order valence-electron chi connectivity index (χ2n) is 6.29. The third kappa shape index (κ3) is 3.00. The van der Waals surface area contributed by atoms with Gasteiger partial charge in [-0.1, -0.05) is 12.1 Å². The van der Waals surface area contributed by atoms with Gasteiger partial charge < -0.3 is 19.7 Å². The van der Waals surface area contributed by atoms with Gasteiger partial charge in [-0.15, -0.1) is 0 Å². The summed E-state index contributed by atoms with van der Waals surface area (Å²) in [5.41, 5.74) is 0.431. The van der Waals surface area contributed by atoms with Gasteiger partial charge in [-0.05, 0) is 32.3 Å². The Kier molecular flexibility index (Phi) is 4.06. The van der Waals surface area contributed by atoms with Gasteiger partial charge in [0.2, 0.25) is 0 Å². The van der Waals surface area contributed by atoms with Gasteiger partial charge >= 0.3 is 13.2 Å². The van der Waals surface area contributed by atoms with Crippen LogP contribution < -0.4 is 16.3 Å². The van der Waals surface area contributed by atoms with Crippen LogP contribution in [0.1, 0.15) is 26.5 Å². The number of hydrogen-bond donors (Lipinski definition) is 3. The van der Waals surface area contributed by atoms with E-state index in [4.69, 9.17) is 14.4 Å². The van der Waals surface area contributed by atoms with Crippen LogP contribution in [0.5, 0.6) is 0 Å². The lowest BCUT2D eigenvalue weighted by molar-refractivity contribution is 0.0842. The third-order valence-electron chi connectivity index (χ3n) is 4.29. The van der Waals surface area contributed by atoms with Crippen molar-refractivity contribution in [2.24, 2.45) is 0 Å². The summed E-state index contributed by atoms with van der Waals surface area (Å²) < 4.78 is 11.8. The van der Waals surface area contributed by atoms with Crippen molar-refractivity contribution in [3.63, 3.8) is 0 Å². The molecule has 1 amide bonds. The number of aromatic amines is 1. The fourth-order valence-electron chi connectivity index (χ4n) is 2.57. The highest BCUT2D eigenvalue weighted by Gasteiger charge is 2.43. The van der Waals surface area contributed by atoms with Gasteiger partial charge in [0.25, 0.3) is 5.56 Å². The van der Waals surface area contributed by atoms with Crippen molar-refractivity contribution >= 4 is 29.4 Å². The molecule has 2 heterocycles. The predicted octanol–water partition coefficient (Wildman–Crippen LogP) is 0.600. The van der Waals surface area contributed by atoms with Crippen molar-refractivity contribution in [2.75, 3.05) is 0 Å². The summed E-state index contributed by atoms with van der Waals surface area (Å²) in [6, 6.07) is 5.19. The topological polar surface area (TPSA) is 114 Å². The van der Waals surface area contributed by atoms with E-state index in [1.807, 2.05) is 20.8 Å². The molecule has 1 aliphatic heterocycles. The number of carboxylic acid groups (broad SMARTS) is 1. The van der Waals surface area contributed by atoms with Gasteiger partial charge in [-0.2, -0.15) is 5.10 Å². The highest BCUT2D eigenvalue weighted by Crippen LogP contribution is 2.27. The van der Waals surface area contributed by atoms with Crippen molar-refractivity contribution in [1.29, 1.82) is 0 Å². The molecule has 0 radical (unpaired) electrons. The van der Waals surface area contributed by atoms with E-state index in [9.17, 15) is 9.59 Å². The van der Waals surface area contributed by atoms with Crippen molar-refractivity contribution in [2.45, 2.75) is 39.0 Å². The Hall–Kier alpha value is -2.39. The first-order valence-corrected chi connectivity index (χ1v) is 7.59. The highest BCUT2D eigenvalue weighted by atomic mass is 16.7. The Labute approximate surface area is 138 Å². The summed E-state index contributed by atoms with van der Waals surface area (Å²) in [5.74, 6) is 0. The van der Waals surface area contributed by atoms with Crippen molar-refractivity contribution in [3.8, 4) is 0 Å². The standard InChI is InChI=1S/C15H18BN3O5/c1-8-15(2,3)24-16(23-8)9-4-5-10-11(6-9)12(7-17-14(21)22)18-19-13(10)20/h4-6,8,17H,7H2,1-3H3,(H,19,20)(H,21,22). The Morgan fingerprint density at radius 1 is 1.46 bits per heavy atom. The van der Waals surface area contributed by atoms with E-state index in [-0.39, 0.29) is 18.2 Å². The fourth-order valence-corrected chi connectivity index (χ4v) is 2.57. The lowest BCUT2D eigenvalue weighted by atomic mass is 9.78. The molecule has 0 aliphatic carbocycles. The smallest absolute Gasteiger partial charge is 0.465 e. The van der Waals surface area contributed by atoms with Crippen LogP contribution in [0.25, 0.3) is 10.8 Å². The van der Waals surface area contributed by atoms with Crippen molar-refractivity contribution < 1.29 is 19.2 Å². The minimum absolute atomic E-state index is 0.0135. The van der Waals surface area contributed by atoms with Crippen LogP contribution >= 0.6 is 0 Å². The summed E-state index contributed by atoms with van der Waals surface area (Å²) in [6.07, 6.45) is -1.24. The molecule has 1 aliphatic rings. The van der Waals surface area contributed by atoms with Crippen LogP contribution in [0.4, 0.5) is 4.79 Å². The molecule has 24 heavy (non-hydrogen) atoms. The number of nitrogens with zero attached hydrogens (tertiary/aromatic N) is 1. The molecule has 0 saturated carbocycles. The zero-order chi connectivity index (χ0) is 17.5. The van der Waals surface area contributed by atoms with Gasteiger partial charge in [0.1, 0.15) is 0 Å². The largest absolute Gasteiger partial charge is 0.494 e.